The highest BCUT2D eigenvalue weighted by atomic mass is 16.6. The molecule has 0 aliphatic heterocycles. The van der Waals surface area contributed by atoms with Gasteiger partial charge < -0.3 is 9.47 Å². The molecule has 0 aliphatic carbocycles. The number of nitriles is 1. The lowest BCUT2D eigenvalue weighted by molar-refractivity contribution is -0.136. The Bertz CT molecular complexity index is 481. The van der Waals surface area contributed by atoms with Crippen LogP contribution in [0.25, 0.3) is 0 Å². The second kappa shape index (κ2) is 5.54. The van der Waals surface area contributed by atoms with Gasteiger partial charge in [-0.15, -0.1) is 0 Å². The van der Waals surface area contributed by atoms with Crippen molar-refractivity contribution >= 4 is 5.97 Å². The molecule has 0 fully saturated rings. The van der Waals surface area contributed by atoms with Crippen LogP contribution in [-0.2, 0) is 4.79 Å². The van der Waals surface area contributed by atoms with E-state index in [0.717, 1.165) is 0 Å². The lowest BCUT2D eigenvalue weighted by Gasteiger charge is -2.17. The van der Waals surface area contributed by atoms with Crippen LogP contribution in [0.1, 0.15) is 32.8 Å². The molecule has 0 bridgehead atoms. The van der Waals surface area contributed by atoms with E-state index in [4.69, 9.17) is 14.7 Å². The van der Waals surface area contributed by atoms with Gasteiger partial charge in [0.15, 0.2) is 11.5 Å². The summed E-state index contributed by atoms with van der Waals surface area (Å²) in [5, 5.41) is 8.77. The van der Waals surface area contributed by atoms with Crippen LogP contribution in [0, 0.1) is 16.7 Å². The fourth-order valence-corrected chi connectivity index (χ4v) is 1.41. The molecular formula is C14H17NO3. The Morgan fingerprint density at radius 1 is 1.33 bits per heavy atom. The van der Waals surface area contributed by atoms with Gasteiger partial charge in [-0.1, -0.05) is 20.8 Å². The van der Waals surface area contributed by atoms with Crippen LogP contribution in [0.4, 0.5) is 0 Å². The second-order valence-electron chi connectivity index (χ2n) is 5.19. The maximum Gasteiger partial charge on any atom is 0.311 e. The standard InChI is InChI=1S/C14H17NO3/c1-14(2,3)8-13(16)18-11-6-5-10(9-15)7-12(11)17-4/h5-7H,8H2,1-4H3. The zero-order chi connectivity index (χ0) is 13.8. The quantitative estimate of drug-likeness (QED) is 0.608. The Hall–Kier alpha value is -2.02. The van der Waals surface area contributed by atoms with E-state index >= 15 is 0 Å². The molecule has 0 heterocycles. The summed E-state index contributed by atoms with van der Waals surface area (Å²) in [6, 6.07) is 6.69. The van der Waals surface area contributed by atoms with Gasteiger partial charge in [-0.05, 0) is 17.5 Å². The van der Waals surface area contributed by atoms with Crippen LogP contribution in [0.5, 0.6) is 11.5 Å². The molecule has 0 unspecified atom stereocenters. The molecule has 0 spiro atoms. The number of esters is 1. The minimum absolute atomic E-state index is 0.128. The number of nitrogens with zero attached hydrogens (tertiary/aromatic N) is 1. The fourth-order valence-electron chi connectivity index (χ4n) is 1.41. The zero-order valence-electron chi connectivity index (χ0n) is 11.1. The van der Waals surface area contributed by atoms with E-state index in [1.54, 1.807) is 18.2 Å². The van der Waals surface area contributed by atoms with E-state index in [-0.39, 0.29) is 11.4 Å². The number of ether oxygens (including phenoxy) is 2. The van der Waals surface area contributed by atoms with Crippen LogP contribution in [-0.4, -0.2) is 13.1 Å². The lowest BCUT2D eigenvalue weighted by Crippen LogP contribution is -2.17. The van der Waals surface area contributed by atoms with Crippen molar-refractivity contribution in [2.75, 3.05) is 7.11 Å². The van der Waals surface area contributed by atoms with Gasteiger partial charge in [0.25, 0.3) is 0 Å². The van der Waals surface area contributed by atoms with Gasteiger partial charge >= 0.3 is 5.97 Å². The zero-order valence-corrected chi connectivity index (χ0v) is 11.1. The van der Waals surface area contributed by atoms with Crippen molar-refractivity contribution in [2.24, 2.45) is 5.41 Å². The van der Waals surface area contributed by atoms with Gasteiger partial charge in [-0.3, -0.25) is 4.79 Å². The minimum atomic E-state index is -0.314. The van der Waals surface area contributed by atoms with Crippen LogP contribution in [0.15, 0.2) is 18.2 Å². The lowest BCUT2D eigenvalue weighted by atomic mass is 9.92. The molecule has 4 heteroatoms. The summed E-state index contributed by atoms with van der Waals surface area (Å²) in [5.74, 6) is 0.410. The Morgan fingerprint density at radius 3 is 2.50 bits per heavy atom. The average molecular weight is 247 g/mol. The third-order valence-corrected chi connectivity index (χ3v) is 2.19. The van der Waals surface area contributed by atoms with Gasteiger partial charge in [0, 0.05) is 6.07 Å². The van der Waals surface area contributed by atoms with Crippen LogP contribution >= 0.6 is 0 Å². The summed E-state index contributed by atoms with van der Waals surface area (Å²) in [7, 11) is 1.47. The summed E-state index contributed by atoms with van der Waals surface area (Å²) in [5.41, 5.74) is 0.333. The maximum absolute atomic E-state index is 11.7. The summed E-state index contributed by atoms with van der Waals surface area (Å²) in [4.78, 5) is 11.7. The maximum atomic E-state index is 11.7. The molecule has 18 heavy (non-hydrogen) atoms. The molecule has 96 valence electrons. The van der Waals surface area contributed by atoms with Crippen molar-refractivity contribution in [3.8, 4) is 17.6 Å². The molecule has 0 aliphatic rings. The van der Waals surface area contributed by atoms with E-state index in [2.05, 4.69) is 0 Å². The second-order valence-corrected chi connectivity index (χ2v) is 5.19. The molecule has 0 amide bonds. The fraction of sp³-hybridized carbons (Fsp3) is 0.429. The van der Waals surface area contributed by atoms with E-state index in [0.29, 0.717) is 23.5 Å². The summed E-state index contributed by atoms with van der Waals surface area (Å²) < 4.78 is 10.3. The van der Waals surface area contributed by atoms with Gasteiger partial charge in [-0.2, -0.15) is 5.26 Å². The predicted octanol–water partition coefficient (Wildman–Crippen LogP) is 2.91. The third kappa shape index (κ3) is 4.10. The van der Waals surface area contributed by atoms with E-state index in [9.17, 15) is 4.79 Å². The highest BCUT2D eigenvalue weighted by molar-refractivity contribution is 5.74. The average Bonchev–Trinajstić information content (AvgIpc) is 2.27. The minimum Gasteiger partial charge on any atom is -0.493 e. The van der Waals surface area contributed by atoms with Crippen molar-refractivity contribution in [1.29, 1.82) is 5.26 Å². The topological polar surface area (TPSA) is 59.3 Å². The van der Waals surface area contributed by atoms with Gasteiger partial charge in [0.05, 0.1) is 25.2 Å². The molecule has 0 atom stereocenters. The van der Waals surface area contributed by atoms with Crippen LogP contribution < -0.4 is 9.47 Å². The molecule has 1 aromatic rings. The van der Waals surface area contributed by atoms with Crippen molar-refractivity contribution < 1.29 is 14.3 Å². The van der Waals surface area contributed by atoms with Gasteiger partial charge in [-0.25, -0.2) is 0 Å². The first-order valence-corrected chi connectivity index (χ1v) is 5.64. The molecule has 0 radical (unpaired) electrons. The number of rotatable bonds is 3. The number of methoxy groups -OCH3 is 1. The van der Waals surface area contributed by atoms with Crippen LogP contribution in [0.2, 0.25) is 0 Å². The first kappa shape index (κ1) is 14.0. The predicted molar refractivity (Wildman–Crippen MR) is 67.4 cm³/mol. The number of carbonyl (C=O) groups is 1. The normalized spacial score (nSPS) is 10.6. The largest absolute Gasteiger partial charge is 0.493 e. The number of benzene rings is 1. The van der Waals surface area contributed by atoms with Crippen LogP contribution in [0.3, 0.4) is 0 Å². The number of hydrogen-bond acceptors (Lipinski definition) is 4. The molecule has 0 saturated heterocycles. The summed E-state index contributed by atoms with van der Waals surface area (Å²) >= 11 is 0. The third-order valence-electron chi connectivity index (χ3n) is 2.19. The monoisotopic (exact) mass is 247 g/mol. The molecule has 1 rings (SSSR count). The SMILES string of the molecule is COc1cc(C#N)ccc1OC(=O)CC(C)(C)C. The first-order chi connectivity index (χ1) is 8.35. The van der Waals surface area contributed by atoms with E-state index < -0.39 is 0 Å². The van der Waals surface area contributed by atoms with Crippen molar-refractivity contribution in [3.05, 3.63) is 23.8 Å². The highest BCUT2D eigenvalue weighted by Crippen LogP contribution is 2.29. The first-order valence-electron chi connectivity index (χ1n) is 5.64. The Balaban J connectivity index is 2.85. The summed E-state index contributed by atoms with van der Waals surface area (Å²) in [6.07, 6.45) is 0.316. The van der Waals surface area contributed by atoms with E-state index in [1.165, 1.54) is 7.11 Å². The van der Waals surface area contributed by atoms with Crippen molar-refractivity contribution in [2.45, 2.75) is 27.2 Å². The Morgan fingerprint density at radius 2 is 2.00 bits per heavy atom. The Kier molecular flexibility index (Phi) is 4.33. The van der Waals surface area contributed by atoms with Gasteiger partial charge in [0.1, 0.15) is 0 Å². The molecular weight excluding hydrogens is 230 g/mol. The molecule has 4 nitrogen and oxygen atoms in total. The van der Waals surface area contributed by atoms with Gasteiger partial charge in [0.2, 0.25) is 0 Å². The van der Waals surface area contributed by atoms with Crippen molar-refractivity contribution in [1.82, 2.24) is 0 Å². The number of carbonyl (C=O) groups excluding carboxylic acids is 1. The molecule has 1 aromatic carbocycles. The molecule has 0 aromatic heterocycles. The Labute approximate surface area is 107 Å². The molecule has 0 N–H and O–H groups in total. The summed E-state index contributed by atoms with van der Waals surface area (Å²) in [6.45, 7) is 5.89. The molecule has 0 saturated carbocycles. The van der Waals surface area contributed by atoms with Crippen molar-refractivity contribution in [3.63, 3.8) is 0 Å². The smallest absolute Gasteiger partial charge is 0.311 e. The number of hydrogen-bond donors (Lipinski definition) is 0. The highest BCUT2D eigenvalue weighted by Gasteiger charge is 2.19. The van der Waals surface area contributed by atoms with E-state index in [1.807, 2.05) is 26.8 Å².